The lowest BCUT2D eigenvalue weighted by Gasteiger charge is -2.29. The molecule has 1 aromatic heterocycles. The molecule has 126 valence electrons. The third-order valence-corrected chi connectivity index (χ3v) is 4.83. The molecule has 0 saturated heterocycles. The number of fused-ring (bicyclic) bond motifs is 1. The molecule has 5 heteroatoms. The van der Waals surface area contributed by atoms with Crippen LogP contribution < -0.4 is 11.4 Å². The topological polar surface area (TPSA) is 48.9 Å². The van der Waals surface area contributed by atoms with Gasteiger partial charge in [0.1, 0.15) is 6.04 Å². The molecule has 1 atom stereocenters. The Morgan fingerprint density at radius 3 is 2.56 bits per heavy atom. The van der Waals surface area contributed by atoms with E-state index < -0.39 is 0 Å². The normalized spacial score (nSPS) is 19.1. The van der Waals surface area contributed by atoms with E-state index in [1.165, 1.54) is 9.25 Å². The monoisotopic (exact) mass is 333 g/mol. The molecule has 0 spiro atoms. The highest BCUT2D eigenvalue weighted by atomic mass is 16.2. The fourth-order valence-corrected chi connectivity index (χ4v) is 3.65. The number of nitrogens with zero attached hydrogens (tertiary/aromatic N) is 3. The van der Waals surface area contributed by atoms with Crippen molar-refractivity contribution in [3.05, 3.63) is 98.9 Å². The molecule has 1 unspecified atom stereocenters. The van der Waals surface area contributed by atoms with Gasteiger partial charge < -0.3 is 0 Å². The third kappa shape index (κ3) is 2.23. The lowest BCUT2D eigenvalue weighted by Crippen LogP contribution is -2.36. The highest BCUT2D eigenvalue weighted by Gasteiger charge is 2.32. The van der Waals surface area contributed by atoms with Crippen molar-refractivity contribution in [3.8, 4) is 5.69 Å². The molecule has 1 aliphatic heterocycles. The Morgan fingerprint density at radius 1 is 1.16 bits per heavy atom. The molecule has 5 nitrogen and oxygen atoms in total. The first-order valence-electron chi connectivity index (χ1n) is 8.32. The number of para-hydroxylation sites is 1. The summed E-state index contributed by atoms with van der Waals surface area (Å²) >= 11 is 0. The highest BCUT2D eigenvalue weighted by Crippen LogP contribution is 2.34. The zero-order valence-corrected chi connectivity index (χ0v) is 14.1. The van der Waals surface area contributed by atoms with Gasteiger partial charge in [0.25, 0.3) is 0 Å². The maximum atomic E-state index is 13.2. The van der Waals surface area contributed by atoms with E-state index in [9.17, 15) is 9.59 Å². The Hall–Kier alpha value is -3.08. The molecule has 25 heavy (non-hydrogen) atoms. The summed E-state index contributed by atoms with van der Waals surface area (Å²) in [7, 11) is 0. The standard InChI is InChI=1S/C20H19N3O2/c1-3-17-14(2)13-21-19(24)22(16-11-5-4-6-12-16)20(25)23(21)18(17)15-9-7-8-10-15/h3-7,9-12,18H,1,8,13H2,2H3. The molecule has 0 fully saturated rings. The summed E-state index contributed by atoms with van der Waals surface area (Å²) in [5.41, 5.74) is 3.01. The summed E-state index contributed by atoms with van der Waals surface area (Å²) in [6.45, 7) is 6.31. The van der Waals surface area contributed by atoms with E-state index >= 15 is 0 Å². The number of rotatable bonds is 3. The molecular formula is C20H19N3O2. The summed E-state index contributed by atoms with van der Waals surface area (Å²) in [4.78, 5) is 26.1. The van der Waals surface area contributed by atoms with Gasteiger partial charge in [-0.05, 0) is 42.2 Å². The van der Waals surface area contributed by atoms with Crippen molar-refractivity contribution in [1.29, 1.82) is 0 Å². The minimum absolute atomic E-state index is 0.310. The van der Waals surface area contributed by atoms with Crippen LogP contribution in [0.2, 0.25) is 0 Å². The molecule has 0 radical (unpaired) electrons. The second-order valence-corrected chi connectivity index (χ2v) is 6.32. The summed E-state index contributed by atoms with van der Waals surface area (Å²) in [5.74, 6) is 0. The van der Waals surface area contributed by atoms with Crippen molar-refractivity contribution in [2.45, 2.75) is 25.9 Å². The second kappa shape index (κ2) is 5.77. The number of aromatic nitrogens is 3. The van der Waals surface area contributed by atoms with Gasteiger partial charge in [0, 0.05) is 0 Å². The van der Waals surface area contributed by atoms with Gasteiger partial charge >= 0.3 is 11.4 Å². The number of hydrogen-bond donors (Lipinski definition) is 0. The van der Waals surface area contributed by atoms with Gasteiger partial charge in [-0.1, -0.05) is 49.1 Å². The first kappa shape index (κ1) is 15.4. The molecule has 1 aliphatic carbocycles. The molecule has 4 rings (SSSR count). The van der Waals surface area contributed by atoms with Crippen LogP contribution in [0.1, 0.15) is 19.4 Å². The van der Waals surface area contributed by atoms with Crippen LogP contribution in [0.5, 0.6) is 0 Å². The van der Waals surface area contributed by atoms with Crippen LogP contribution in [-0.4, -0.2) is 13.9 Å². The average Bonchev–Trinajstić information content (AvgIpc) is 3.23. The first-order chi connectivity index (χ1) is 12.1. The zero-order valence-electron chi connectivity index (χ0n) is 14.1. The minimum atomic E-state index is -0.325. The third-order valence-electron chi connectivity index (χ3n) is 4.83. The SMILES string of the molecule is C=CC1=C(C)Cn2c(=O)n(-c3ccccc3)c(=O)n2C1C1=CCC=C1. The van der Waals surface area contributed by atoms with Crippen molar-refractivity contribution in [2.24, 2.45) is 0 Å². The molecule has 2 aromatic rings. The van der Waals surface area contributed by atoms with E-state index in [0.29, 0.717) is 12.2 Å². The number of allylic oxidation sites excluding steroid dienone is 7. The summed E-state index contributed by atoms with van der Waals surface area (Å²) in [5, 5.41) is 0. The van der Waals surface area contributed by atoms with E-state index in [1.54, 1.807) is 22.9 Å². The van der Waals surface area contributed by atoms with Crippen molar-refractivity contribution in [1.82, 2.24) is 13.9 Å². The second-order valence-electron chi connectivity index (χ2n) is 6.32. The lowest BCUT2D eigenvalue weighted by molar-refractivity contribution is 0.414. The minimum Gasteiger partial charge on any atom is -0.245 e. The van der Waals surface area contributed by atoms with Gasteiger partial charge in [0.05, 0.1) is 12.2 Å². The van der Waals surface area contributed by atoms with Crippen molar-refractivity contribution >= 4 is 0 Å². The van der Waals surface area contributed by atoms with Crippen molar-refractivity contribution in [2.75, 3.05) is 0 Å². The Kier molecular flexibility index (Phi) is 3.57. The predicted molar refractivity (Wildman–Crippen MR) is 98.1 cm³/mol. The maximum Gasteiger partial charge on any atom is 0.352 e. The molecule has 0 saturated carbocycles. The molecule has 0 N–H and O–H groups in total. The van der Waals surface area contributed by atoms with Gasteiger partial charge in [-0.3, -0.25) is 0 Å². The molecular weight excluding hydrogens is 314 g/mol. The molecule has 2 heterocycles. The van der Waals surface area contributed by atoms with Crippen LogP contribution in [0.25, 0.3) is 5.69 Å². The van der Waals surface area contributed by atoms with Gasteiger partial charge in [0.2, 0.25) is 0 Å². The van der Waals surface area contributed by atoms with Crippen LogP contribution in [0, 0.1) is 0 Å². The molecule has 0 amide bonds. The van der Waals surface area contributed by atoms with E-state index in [-0.39, 0.29) is 17.4 Å². The summed E-state index contributed by atoms with van der Waals surface area (Å²) in [6, 6.07) is 8.74. The Morgan fingerprint density at radius 2 is 1.92 bits per heavy atom. The van der Waals surface area contributed by atoms with E-state index in [1.807, 2.05) is 31.2 Å². The van der Waals surface area contributed by atoms with Crippen LogP contribution >= 0.6 is 0 Å². The molecule has 0 bridgehead atoms. The molecule has 2 aliphatic rings. The van der Waals surface area contributed by atoms with E-state index in [2.05, 4.69) is 18.7 Å². The van der Waals surface area contributed by atoms with Crippen molar-refractivity contribution < 1.29 is 0 Å². The fraction of sp³-hybridized carbons (Fsp3) is 0.200. The quantitative estimate of drug-likeness (QED) is 0.867. The van der Waals surface area contributed by atoms with Crippen molar-refractivity contribution in [3.63, 3.8) is 0 Å². The van der Waals surface area contributed by atoms with Crippen LogP contribution in [-0.2, 0) is 6.54 Å². The van der Waals surface area contributed by atoms with Crippen LogP contribution in [0.3, 0.4) is 0 Å². The smallest absolute Gasteiger partial charge is 0.245 e. The van der Waals surface area contributed by atoms with E-state index in [4.69, 9.17) is 0 Å². The van der Waals surface area contributed by atoms with Gasteiger partial charge in [-0.15, -0.1) is 0 Å². The van der Waals surface area contributed by atoms with Crippen LogP contribution in [0.4, 0.5) is 0 Å². The predicted octanol–water partition coefficient (Wildman–Crippen LogP) is 2.74. The summed E-state index contributed by atoms with van der Waals surface area (Å²) < 4.78 is 4.35. The Balaban J connectivity index is 2.02. The zero-order chi connectivity index (χ0) is 17.6. The van der Waals surface area contributed by atoms with Gasteiger partial charge in [0.15, 0.2) is 0 Å². The van der Waals surface area contributed by atoms with Gasteiger partial charge in [-0.2, -0.15) is 0 Å². The van der Waals surface area contributed by atoms with Gasteiger partial charge in [-0.25, -0.2) is 23.5 Å². The average molecular weight is 333 g/mol. The maximum absolute atomic E-state index is 13.2. The first-order valence-corrected chi connectivity index (χ1v) is 8.32. The van der Waals surface area contributed by atoms with Crippen LogP contribution in [0.15, 0.2) is 87.5 Å². The largest absolute Gasteiger partial charge is 0.352 e. The Labute approximate surface area is 145 Å². The lowest BCUT2D eigenvalue weighted by atomic mass is 9.94. The fourth-order valence-electron chi connectivity index (χ4n) is 3.65. The molecule has 1 aromatic carbocycles. The Bertz CT molecular complexity index is 1060. The van der Waals surface area contributed by atoms with E-state index in [0.717, 1.165) is 23.1 Å². The summed E-state index contributed by atoms with van der Waals surface area (Å²) in [6.07, 6.45) is 8.81. The number of hydrogen-bond acceptors (Lipinski definition) is 2. The number of benzene rings is 1. The highest BCUT2D eigenvalue weighted by molar-refractivity contribution is 5.43.